The van der Waals surface area contributed by atoms with E-state index >= 15 is 0 Å². The summed E-state index contributed by atoms with van der Waals surface area (Å²) >= 11 is 0. The maximum atomic E-state index is 12.4. The SMILES string of the molecule is O=C(NCc1ccnc(N2CCOCC2)c1)Nc1cccc(COCC2CCCCO2)c1. The summed E-state index contributed by atoms with van der Waals surface area (Å²) in [6, 6.07) is 11.4. The van der Waals surface area contributed by atoms with Crippen molar-refractivity contribution >= 4 is 17.5 Å². The van der Waals surface area contributed by atoms with E-state index in [4.69, 9.17) is 14.2 Å². The molecule has 2 amide bonds. The molecule has 1 aromatic carbocycles. The zero-order valence-corrected chi connectivity index (χ0v) is 18.4. The molecule has 0 aliphatic carbocycles. The predicted molar refractivity (Wildman–Crippen MR) is 123 cm³/mol. The summed E-state index contributed by atoms with van der Waals surface area (Å²) in [5.74, 6) is 0.916. The number of amides is 2. The van der Waals surface area contributed by atoms with E-state index in [2.05, 4.69) is 20.5 Å². The highest BCUT2D eigenvalue weighted by Gasteiger charge is 2.14. The predicted octanol–water partition coefficient (Wildman–Crippen LogP) is 3.33. The first-order chi connectivity index (χ1) is 15.8. The number of aromatic nitrogens is 1. The van der Waals surface area contributed by atoms with Crippen LogP contribution in [0.15, 0.2) is 42.6 Å². The molecule has 8 nitrogen and oxygen atoms in total. The molecular formula is C24H32N4O4. The highest BCUT2D eigenvalue weighted by Crippen LogP contribution is 2.16. The second-order valence-electron chi connectivity index (χ2n) is 8.13. The van der Waals surface area contributed by atoms with Crippen molar-refractivity contribution < 1.29 is 19.0 Å². The Balaban J connectivity index is 1.22. The van der Waals surface area contributed by atoms with Gasteiger partial charge in [-0.2, -0.15) is 0 Å². The number of hydrogen-bond donors (Lipinski definition) is 2. The molecule has 2 N–H and O–H groups in total. The summed E-state index contributed by atoms with van der Waals surface area (Å²) < 4.78 is 16.9. The largest absolute Gasteiger partial charge is 0.378 e. The van der Waals surface area contributed by atoms with E-state index in [0.29, 0.717) is 33.0 Å². The third-order valence-corrected chi connectivity index (χ3v) is 5.63. The van der Waals surface area contributed by atoms with Gasteiger partial charge in [-0.05, 0) is 54.7 Å². The molecule has 4 rings (SSSR count). The Kier molecular flexibility index (Phi) is 8.30. The second-order valence-corrected chi connectivity index (χ2v) is 8.13. The van der Waals surface area contributed by atoms with E-state index in [-0.39, 0.29) is 12.1 Å². The van der Waals surface area contributed by atoms with Crippen molar-refractivity contribution in [2.75, 3.05) is 49.7 Å². The van der Waals surface area contributed by atoms with Crippen molar-refractivity contribution in [2.24, 2.45) is 0 Å². The molecule has 0 bridgehead atoms. The molecule has 1 unspecified atom stereocenters. The number of rotatable bonds is 8. The molecule has 1 atom stereocenters. The third kappa shape index (κ3) is 6.91. The lowest BCUT2D eigenvalue weighted by atomic mass is 10.1. The number of benzene rings is 1. The summed E-state index contributed by atoms with van der Waals surface area (Å²) in [6.45, 7) is 5.45. The van der Waals surface area contributed by atoms with Gasteiger partial charge in [0.2, 0.25) is 0 Å². The molecule has 0 spiro atoms. The molecule has 32 heavy (non-hydrogen) atoms. The summed E-state index contributed by atoms with van der Waals surface area (Å²) in [5.41, 5.74) is 2.76. The number of urea groups is 1. The Bertz CT molecular complexity index is 867. The van der Waals surface area contributed by atoms with Crippen molar-refractivity contribution in [3.05, 3.63) is 53.7 Å². The average Bonchev–Trinajstić information content (AvgIpc) is 2.84. The number of hydrogen-bond acceptors (Lipinski definition) is 6. The Labute approximate surface area is 189 Å². The molecule has 2 aliphatic rings. The molecule has 2 fully saturated rings. The second kappa shape index (κ2) is 11.8. The van der Waals surface area contributed by atoms with Crippen LogP contribution in [0.1, 0.15) is 30.4 Å². The lowest BCUT2D eigenvalue weighted by Gasteiger charge is -2.28. The van der Waals surface area contributed by atoms with Gasteiger partial charge in [0.25, 0.3) is 0 Å². The van der Waals surface area contributed by atoms with Crippen molar-refractivity contribution in [1.82, 2.24) is 10.3 Å². The first-order valence-corrected chi connectivity index (χ1v) is 11.4. The van der Waals surface area contributed by atoms with E-state index in [1.807, 2.05) is 36.4 Å². The topological polar surface area (TPSA) is 85.0 Å². The Morgan fingerprint density at radius 1 is 1.12 bits per heavy atom. The molecule has 2 saturated heterocycles. The molecule has 0 saturated carbocycles. The fraction of sp³-hybridized carbons (Fsp3) is 0.500. The number of nitrogens with zero attached hydrogens (tertiary/aromatic N) is 2. The van der Waals surface area contributed by atoms with Crippen LogP contribution in [-0.2, 0) is 27.4 Å². The Hall–Kier alpha value is -2.68. The average molecular weight is 441 g/mol. The van der Waals surface area contributed by atoms with Crippen LogP contribution in [0.2, 0.25) is 0 Å². The van der Waals surface area contributed by atoms with Gasteiger partial charge in [-0.15, -0.1) is 0 Å². The van der Waals surface area contributed by atoms with E-state index < -0.39 is 0 Å². The Morgan fingerprint density at radius 2 is 2.03 bits per heavy atom. The van der Waals surface area contributed by atoms with Crippen molar-refractivity contribution in [2.45, 2.75) is 38.5 Å². The molecule has 3 heterocycles. The lowest BCUT2D eigenvalue weighted by molar-refractivity contribution is -0.0447. The first kappa shape index (κ1) is 22.5. The molecule has 1 aromatic heterocycles. The minimum atomic E-state index is -0.247. The van der Waals surface area contributed by atoms with Crippen LogP contribution in [0.25, 0.3) is 0 Å². The van der Waals surface area contributed by atoms with Crippen LogP contribution in [0.4, 0.5) is 16.3 Å². The van der Waals surface area contributed by atoms with Gasteiger partial charge in [0.15, 0.2) is 0 Å². The van der Waals surface area contributed by atoms with Crippen LogP contribution in [0.5, 0.6) is 0 Å². The summed E-state index contributed by atoms with van der Waals surface area (Å²) in [7, 11) is 0. The normalized spacial score (nSPS) is 18.9. The molecule has 2 aromatic rings. The van der Waals surface area contributed by atoms with Crippen LogP contribution >= 0.6 is 0 Å². The van der Waals surface area contributed by atoms with Crippen molar-refractivity contribution in [3.8, 4) is 0 Å². The fourth-order valence-corrected chi connectivity index (χ4v) is 3.88. The highest BCUT2D eigenvalue weighted by atomic mass is 16.5. The molecule has 172 valence electrons. The van der Waals surface area contributed by atoms with Gasteiger partial charge in [0, 0.05) is 38.1 Å². The molecule has 2 aliphatic heterocycles. The summed E-state index contributed by atoms with van der Waals surface area (Å²) in [4.78, 5) is 19.0. The maximum Gasteiger partial charge on any atom is 0.319 e. The van der Waals surface area contributed by atoms with Gasteiger partial charge >= 0.3 is 6.03 Å². The van der Waals surface area contributed by atoms with Gasteiger partial charge in [0.1, 0.15) is 5.82 Å². The van der Waals surface area contributed by atoms with Gasteiger partial charge in [-0.1, -0.05) is 12.1 Å². The zero-order chi connectivity index (χ0) is 22.0. The first-order valence-electron chi connectivity index (χ1n) is 11.4. The van der Waals surface area contributed by atoms with E-state index in [9.17, 15) is 4.79 Å². The van der Waals surface area contributed by atoms with Crippen molar-refractivity contribution in [3.63, 3.8) is 0 Å². The van der Waals surface area contributed by atoms with E-state index in [1.54, 1.807) is 6.20 Å². The quantitative estimate of drug-likeness (QED) is 0.655. The number of carbonyl (C=O) groups is 1. The molecule has 8 heteroatoms. The van der Waals surface area contributed by atoms with Gasteiger partial charge in [-0.25, -0.2) is 9.78 Å². The lowest BCUT2D eigenvalue weighted by Crippen LogP contribution is -2.36. The minimum Gasteiger partial charge on any atom is -0.378 e. The fourth-order valence-electron chi connectivity index (χ4n) is 3.88. The van der Waals surface area contributed by atoms with Gasteiger partial charge < -0.3 is 29.7 Å². The standard InChI is InChI=1S/C24H32N4O4/c29-24(26-16-19-7-8-25-23(15-19)28-9-12-30-13-10-28)27-21-5-3-4-20(14-21)17-31-18-22-6-1-2-11-32-22/h3-5,7-8,14-15,22H,1-2,6,9-13,16-18H2,(H2,26,27,29). The molecule has 0 radical (unpaired) electrons. The van der Waals surface area contributed by atoms with E-state index in [0.717, 1.165) is 55.2 Å². The summed E-state index contributed by atoms with van der Waals surface area (Å²) in [6.07, 6.45) is 5.39. The number of pyridine rings is 1. The van der Waals surface area contributed by atoms with Crippen LogP contribution in [0, 0.1) is 0 Å². The monoisotopic (exact) mass is 440 g/mol. The summed E-state index contributed by atoms with van der Waals surface area (Å²) in [5, 5.41) is 5.81. The van der Waals surface area contributed by atoms with Crippen LogP contribution in [-0.4, -0.2) is 56.6 Å². The van der Waals surface area contributed by atoms with Gasteiger partial charge in [0.05, 0.1) is 32.5 Å². The number of carbonyl (C=O) groups excluding carboxylic acids is 1. The number of nitrogens with one attached hydrogen (secondary N) is 2. The number of morpholine rings is 1. The third-order valence-electron chi connectivity index (χ3n) is 5.63. The maximum absolute atomic E-state index is 12.4. The minimum absolute atomic E-state index is 0.202. The number of anilines is 2. The number of ether oxygens (including phenoxy) is 3. The highest BCUT2D eigenvalue weighted by molar-refractivity contribution is 5.89. The van der Waals surface area contributed by atoms with Crippen LogP contribution < -0.4 is 15.5 Å². The van der Waals surface area contributed by atoms with Crippen LogP contribution in [0.3, 0.4) is 0 Å². The smallest absolute Gasteiger partial charge is 0.319 e. The van der Waals surface area contributed by atoms with Crippen molar-refractivity contribution in [1.29, 1.82) is 0 Å². The zero-order valence-electron chi connectivity index (χ0n) is 18.4. The van der Waals surface area contributed by atoms with E-state index in [1.165, 1.54) is 6.42 Å². The van der Waals surface area contributed by atoms with Gasteiger partial charge in [-0.3, -0.25) is 0 Å². The Morgan fingerprint density at radius 3 is 2.88 bits per heavy atom. The molecular weight excluding hydrogens is 408 g/mol.